The van der Waals surface area contributed by atoms with E-state index in [0.717, 1.165) is 17.7 Å². The zero-order chi connectivity index (χ0) is 21.6. The van der Waals surface area contributed by atoms with Gasteiger partial charge in [0.2, 0.25) is 0 Å². The minimum absolute atomic E-state index is 0.0391. The molecule has 0 radical (unpaired) electrons. The number of amides is 1. The number of hydrogen-bond acceptors (Lipinski definition) is 5. The number of methoxy groups -OCH3 is 1. The van der Waals surface area contributed by atoms with Crippen molar-refractivity contribution < 1.29 is 19.1 Å². The number of carbonyl (C=O) groups excluding carboxylic acids is 3. The van der Waals surface area contributed by atoms with Crippen LogP contribution in [-0.4, -0.2) is 42.8 Å². The number of fused-ring (bicyclic) bond motifs is 2. The van der Waals surface area contributed by atoms with E-state index in [1.54, 1.807) is 0 Å². The molecule has 6 heteroatoms. The van der Waals surface area contributed by atoms with Crippen LogP contribution in [0, 0.1) is 5.41 Å². The highest BCUT2D eigenvalue weighted by Crippen LogP contribution is 2.50. The number of rotatable bonds is 3. The molecule has 1 aromatic carbocycles. The Labute approximate surface area is 177 Å². The molecule has 30 heavy (non-hydrogen) atoms. The Morgan fingerprint density at radius 2 is 1.90 bits per heavy atom. The van der Waals surface area contributed by atoms with Crippen molar-refractivity contribution in [3.63, 3.8) is 0 Å². The normalized spacial score (nSPS) is 23.1. The van der Waals surface area contributed by atoms with Gasteiger partial charge in [-0.2, -0.15) is 0 Å². The smallest absolute Gasteiger partial charge is 0.337 e. The molecular formula is C24H28N2O4. The molecule has 1 amide bonds. The summed E-state index contributed by atoms with van der Waals surface area (Å²) >= 11 is 0. The van der Waals surface area contributed by atoms with E-state index >= 15 is 0 Å². The maximum Gasteiger partial charge on any atom is 0.337 e. The van der Waals surface area contributed by atoms with Gasteiger partial charge in [-0.3, -0.25) is 9.59 Å². The molecule has 3 aliphatic rings. The van der Waals surface area contributed by atoms with Crippen molar-refractivity contribution in [3.8, 4) is 0 Å². The topological polar surface area (TPSA) is 75.7 Å². The number of piperazine rings is 1. The van der Waals surface area contributed by atoms with E-state index in [4.69, 9.17) is 4.74 Å². The summed E-state index contributed by atoms with van der Waals surface area (Å²) in [5.74, 6) is -1.42. The molecule has 1 saturated heterocycles. The summed E-state index contributed by atoms with van der Waals surface area (Å²) in [6.45, 7) is 7.23. The first kappa shape index (κ1) is 20.4. The fourth-order valence-corrected chi connectivity index (χ4v) is 4.89. The van der Waals surface area contributed by atoms with Gasteiger partial charge >= 0.3 is 5.97 Å². The molecule has 0 bridgehead atoms. The number of hydrogen-bond donors (Lipinski definition) is 1. The van der Waals surface area contributed by atoms with Gasteiger partial charge < -0.3 is 15.0 Å². The predicted octanol–water partition coefficient (Wildman–Crippen LogP) is 2.85. The van der Waals surface area contributed by atoms with Crippen molar-refractivity contribution in [3.05, 3.63) is 57.9 Å². The van der Waals surface area contributed by atoms with Gasteiger partial charge in [0.05, 0.1) is 12.7 Å². The fourth-order valence-electron chi connectivity index (χ4n) is 4.89. The molecule has 2 heterocycles. The Morgan fingerprint density at radius 3 is 2.53 bits per heavy atom. The Morgan fingerprint density at radius 1 is 1.20 bits per heavy atom. The molecular weight excluding hydrogens is 380 g/mol. The maximum absolute atomic E-state index is 13.4. The molecule has 1 aromatic rings. The summed E-state index contributed by atoms with van der Waals surface area (Å²) in [7, 11) is 1.31. The second-order valence-corrected chi connectivity index (χ2v) is 8.99. The fraction of sp³-hybridized carbons (Fsp3) is 0.458. The zero-order valence-electron chi connectivity index (χ0n) is 18.0. The lowest BCUT2D eigenvalue weighted by molar-refractivity contribution is -0.137. The Hall–Kier alpha value is -2.89. The van der Waals surface area contributed by atoms with Crippen molar-refractivity contribution in [1.82, 2.24) is 10.2 Å². The highest BCUT2D eigenvalue weighted by atomic mass is 16.5. The van der Waals surface area contributed by atoms with E-state index in [-0.39, 0.29) is 22.7 Å². The molecule has 158 valence electrons. The van der Waals surface area contributed by atoms with Crippen molar-refractivity contribution >= 4 is 17.7 Å². The van der Waals surface area contributed by atoms with E-state index in [1.807, 2.05) is 29.2 Å². The van der Waals surface area contributed by atoms with Crippen LogP contribution in [0.4, 0.5) is 0 Å². The lowest BCUT2D eigenvalue weighted by Crippen LogP contribution is -2.51. The number of benzene rings is 1. The SMILES string of the molecule is CCc1ccc(C2C3=C(CC(C)(C)CC3=O)N3CCNC(=O)C3=C2C(=O)OC)cc1. The summed E-state index contributed by atoms with van der Waals surface area (Å²) in [4.78, 5) is 41.2. The third kappa shape index (κ3) is 3.24. The lowest BCUT2D eigenvalue weighted by Gasteiger charge is -2.46. The molecule has 0 aromatic heterocycles. The second kappa shape index (κ2) is 7.42. The molecule has 0 spiro atoms. The van der Waals surface area contributed by atoms with Crippen LogP contribution in [0.1, 0.15) is 50.7 Å². The quantitative estimate of drug-likeness (QED) is 0.779. The van der Waals surface area contributed by atoms with E-state index in [0.29, 0.717) is 37.2 Å². The zero-order valence-corrected chi connectivity index (χ0v) is 18.0. The van der Waals surface area contributed by atoms with Gasteiger partial charge in [-0.25, -0.2) is 4.79 Å². The minimum atomic E-state index is -0.600. The van der Waals surface area contributed by atoms with Crippen LogP contribution in [0.15, 0.2) is 46.8 Å². The molecule has 1 N–H and O–H groups in total. The van der Waals surface area contributed by atoms with Gasteiger partial charge in [-0.05, 0) is 29.4 Å². The van der Waals surface area contributed by atoms with Gasteiger partial charge in [-0.15, -0.1) is 0 Å². The average Bonchev–Trinajstić information content (AvgIpc) is 2.72. The number of Topliss-reactive ketones (excluding diaryl/α,β-unsaturated/α-hetero) is 1. The number of nitrogens with one attached hydrogen (secondary N) is 1. The summed E-state index contributed by atoms with van der Waals surface area (Å²) in [5.41, 5.74) is 3.89. The number of aryl methyl sites for hydroxylation is 1. The molecule has 1 atom stereocenters. The monoisotopic (exact) mass is 408 g/mol. The standard InChI is InChI=1S/C24H28N2O4/c1-5-14-6-8-15(9-7-14)18-19-16(12-24(2,3)13-17(19)27)26-11-10-25-22(28)21(26)20(18)23(29)30-4/h6-9,18H,5,10-13H2,1-4H3,(H,25,28). The molecule has 2 aliphatic heterocycles. The number of esters is 1. The number of carbonyl (C=O) groups is 3. The Kier molecular flexibility index (Phi) is 5.04. The highest BCUT2D eigenvalue weighted by molar-refractivity contribution is 6.09. The third-order valence-electron chi connectivity index (χ3n) is 6.29. The molecule has 6 nitrogen and oxygen atoms in total. The van der Waals surface area contributed by atoms with Gasteiger partial charge in [0.15, 0.2) is 5.78 Å². The summed E-state index contributed by atoms with van der Waals surface area (Å²) < 4.78 is 5.10. The van der Waals surface area contributed by atoms with Gasteiger partial charge in [0.25, 0.3) is 5.91 Å². The lowest BCUT2D eigenvalue weighted by atomic mass is 9.67. The van der Waals surface area contributed by atoms with E-state index < -0.39 is 11.9 Å². The second-order valence-electron chi connectivity index (χ2n) is 8.99. The molecule has 0 saturated carbocycles. The average molecular weight is 408 g/mol. The van der Waals surface area contributed by atoms with Crippen LogP contribution in [0.5, 0.6) is 0 Å². The van der Waals surface area contributed by atoms with Crippen LogP contribution < -0.4 is 5.32 Å². The van der Waals surface area contributed by atoms with E-state index in [2.05, 4.69) is 26.1 Å². The summed E-state index contributed by atoms with van der Waals surface area (Å²) in [6, 6.07) is 7.95. The molecule has 4 rings (SSSR count). The van der Waals surface area contributed by atoms with Gasteiger partial charge in [-0.1, -0.05) is 45.0 Å². The highest BCUT2D eigenvalue weighted by Gasteiger charge is 2.48. The summed E-state index contributed by atoms with van der Waals surface area (Å²) in [6.07, 6.45) is 2.00. The largest absolute Gasteiger partial charge is 0.466 e. The van der Waals surface area contributed by atoms with Crippen molar-refractivity contribution in [2.45, 2.75) is 46.0 Å². The number of allylic oxidation sites excluding steroid dienone is 2. The van der Waals surface area contributed by atoms with Crippen LogP contribution in [0.2, 0.25) is 0 Å². The number of nitrogens with zero attached hydrogens (tertiary/aromatic N) is 1. The van der Waals surface area contributed by atoms with E-state index in [9.17, 15) is 14.4 Å². The third-order valence-corrected chi connectivity index (χ3v) is 6.29. The first-order valence-electron chi connectivity index (χ1n) is 10.5. The van der Waals surface area contributed by atoms with Gasteiger partial charge in [0, 0.05) is 36.7 Å². The first-order valence-corrected chi connectivity index (χ1v) is 10.5. The predicted molar refractivity (Wildman–Crippen MR) is 112 cm³/mol. The maximum atomic E-state index is 13.4. The minimum Gasteiger partial charge on any atom is -0.466 e. The molecule has 1 aliphatic carbocycles. The van der Waals surface area contributed by atoms with Crippen molar-refractivity contribution in [1.29, 1.82) is 0 Å². The summed E-state index contributed by atoms with van der Waals surface area (Å²) in [5, 5.41) is 2.85. The van der Waals surface area contributed by atoms with Gasteiger partial charge in [0.1, 0.15) is 5.70 Å². The van der Waals surface area contributed by atoms with Crippen LogP contribution in [0.3, 0.4) is 0 Å². The van der Waals surface area contributed by atoms with Crippen LogP contribution >= 0.6 is 0 Å². The molecule has 1 unspecified atom stereocenters. The Bertz CT molecular complexity index is 985. The van der Waals surface area contributed by atoms with E-state index in [1.165, 1.54) is 12.7 Å². The first-order chi connectivity index (χ1) is 14.3. The van der Waals surface area contributed by atoms with Crippen LogP contribution in [-0.2, 0) is 25.5 Å². The van der Waals surface area contributed by atoms with Crippen molar-refractivity contribution in [2.75, 3.05) is 20.2 Å². The van der Waals surface area contributed by atoms with Crippen molar-refractivity contribution in [2.24, 2.45) is 5.41 Å². The van der Waals surface area contributed by atoms with Crippen LogP contribution in [0.25, 0.3) is 0 Å². The Balaban J connectivity index is 1.99. The number of ketones is 1. The number of ether oxygens (including phenoxy) is 1. The molecule has 1 fully saturated rings.